The Kier molecular flexibility index (Phi) is 7.68. The van der Waals surface area contributed by atoms with Gasteiger partial charge in [0.1, 0.15) is 0 Å². The number of nitrogens with zero attached hydrogens (tertiary/aromatic N) is 2. The highest BCUT2D eigenvalue weighted by Gasteiger charge is 2.54. The van der Waals surface area contributed by atoms with Gasteiger partial charge in [0.25, 0.3) is 5.91 Å². The fraction of sp³-hybridized carbons (Fsp3) is 0.531. The van der Waals surface area contributed by atoms with Crippen molar-refractivity contribution >= 4 is 17.8 Å². The van der Waals surface area contributed by atoms with Crippen LogP contribution in [-0.2, 0) is 17.6 Å². The number of benzene rings is 2. The molecule has 0 radical (unpaired) electrons. The maximum atomic E-state index is 14.3. The van der Waals surface area contributed by atoms with Gasteiger partial charge in [0, 0.05) is 12.0 Å². The van der Waals surface area contributed by atoms with E-state index in [1.54, 1.807) is 12.1 Å². The van der Waals surface area contributed by atoms with Crippen LogP contribution in [0.1, 0.15) is 103 Å². The summed E-state index contributed by atoms with van der Waals surface area (Å²) in [5.74, 6) is -2.84. The van der Waals surface area contributed by atoms with Crippen LogP contribution in [0.2, 0.25) is 0 Å². The minimum absolute atomic E-state index is 0.0143. The maximum Gasteiger partial charge on any atom is 0.394 e. The zero-order valence-corrected chi connectivity index (χ0v) is 24.1. The highest BCUT2D eigenvalue weighted by Crippen LogP contribution is 2.49. The van der Waals surface area contributed by atoms with Crippen LogP contribution in [0.3, 0.4) is 0 Å². The van der Waals surface area contributed by atoms with Crippen molar-refractivity contribution in [3.05, 3.63) is 69.8 Å². The van der Waals surface area contributed by atoms with Crippen molar-refractivity contribution < 1.29 is 22.8 Å². The molecule has 3 heterocycles. The van der Waals surface area contributed by atoms with Gasteiger partial charge in [-0.05, 0) is 84.4 Å². The molecule has 6 bridgehead atoms. The van der Waals surface area contributed by atoms with E-state index in [-0.39, 0.29) is 47.8 Å². The molecule has 2 aromatic carbocycles. The average molecular weight is 569 g/mol. The third kappa shape index (κ3) is 6.14. The summed E-state index contributed by atoms with van der Waals surface area (Å²) in [6.45, 7) is 8.39. The number of aliphatic imine (C=N–C) groups is 1. The quantitative estimate of drug-likeness (QED) is 0.422. The standard InChI is InChI=1S/C32H39F3N4O2/c1-18-9-10-19-7-5-6-8-22-16-27(40)39(30(36)37-22)28-24-14-21(12-11-20(24)15-25(28)32(33,34)35)29(41)38-26(23(18)13-19)17-31(2,3)4/h9-14,22,25-26,28H,5-8,15-17H2,1-4H3,(H2,36,37)(H,38,41)/t22?,25?,26?,28-/m0/s1. The van der Waals surface area contributed by atoms with E-state index >= 15 is 0 Å². The van der Waals surface area contributed by atoms with E-state index in [1.165, 1.54) is 11.6 Å². The summed E-state index contributed by atoms with van der Waals surface area (Å²) in [4.78, 5) is 32.6. The molecule has 4 aliphatic rings. The summed E-state index contributed by atoms with van der Waals surface area (Å²) in [7, 11) is 0. The van der Waals surface area contributed by atoms with E-state index in [1.807, 2.05) is 6.92 Å². The molecule has 0 saturated carbocycles. The first-order valence-electron chi connectivity index (χ1n) is 14.5. The number of nitrogens with two attached hydrogens (primary N) is 1. The number of amides is 2. The van der Waals surface area contributed by atoms with Gasteiger partial charge in [0.2, 0.25) is 5.91 Å². The molecule has 220 valence electrons. The van der Waals surface area contributed by atoms with Crippen molar-refractivity contribution in [3.8, 4) is 0 Å². The average Bonchev–Trinajstić information content (AvgIpc) is 3.24. The van der Waals surface area contributed by atoms with Crippen molar-refractivity contribution in [2.75, 3.05) is 0 Å². The summed E-state index contributed by atoms with van der Waals surface area (Å²) < 4.78 is 43.0. The Labute approximate surface area is 239 Å². The number of alkyl halides is 3. The highest BCUT2D eigenvalue weighted by molar-refractivity contribution is 5.99. The maximum absolute atomic E-state index is 14.3. The fourth-order valence-corrected chi connectivity index (χ4v) is 6.59. The Morgan fingerprint density at radius 2 is 1.78 bits per heavy atom. The Balaban J connectivity index is 1.61. The third-order valence-corrected chi connectivity index (χ3v) is 8.58. The van der Waals surface area contributed by atoms with Crippen LogP contribution in [0.4, 0.5) is 13.2 Å². The normalized spacial score (nSPS) is 25.4. The van der Waals surface area contributed by atoms with Crippen LogP contribution in [0.5, 0.6) is 0 Å². The first-order valence-corrected chi connectivity index (χ1v) is 14.5. The predicted octanol–water partition coefficient (Wildman–Crippen LogP) is 6.32. The second-order valence-corrected chi connectivity index (χ2v) is 13.0. The lowest BCUT2D eigenvalue weighted by Crippen LogP contribution is -2.51. The van der Waals surface area contributed by atoms with Crippen LogP contribution in [0, 0.1) is 18.3 Å². The molecule has 6 nitrogen and oxygen atoms in total. The van der Waals surface area contributed by atoms with Crippen LogP contribution in [-0.4, -0.2) is 34.9 Å². The molecule has 0 aromatic heterocycles. The van der Waals surface area contributed by atoms with Crippen LogP contribution in [0.15, 0.2) is 41.4 Å². The molecule has 4 atom stereocenters. The number of carbonyl (C=O) groups excluding carboxylic acids is 2. The summed E-state index contributed by atoms with van der Waals surface area (Å²) in [5.41, 5.74) is 10.5. The number of aryl methyl sites for hydroxylation is 2. The van der Waals surface area contributed by atoms with E-state index in [2.05, 4.69) is 49.3 Å². The van der Waals surface area contributed by atoms with Gasteiger partial charge in [0.05, 0.1) is 24.0 Å². The van der Waals surface area contributed by atoms with E-state index in [0.717, 1.165) is 35.3 Å². The van der Waals surface area contributed by atoms with Crippen molar-refractivity contribution in [2.24, 2.45) is 22.1 Å². The van der Waals surface area contributed by atoms with Gasteiger partial charge in [-0.2, -0.15) is 13.2 Å². The van der Waals surface area contributed by atoms with Crippen LogP contribution >= 0.6 is 0 Å². The second kappa shape index (κ2) is 10.8. The van der Waals surface area contributed by atoms with Gasteiger partial charge in [0.15, 0.2) is 5.96 Å². The number of hydrogen-bond donors (Lipinski definition) is 2. The highest BCUT2D eigenvalue weighted by atomic mass is 19.4. The zero-order chi connectivity index (χ0) is 29.7. The van der Waals surface area contributed by atoms with Gasteiger partial charge in [-0.15, -0.1) is 0 Å². The number of guanidine groups is 1. The molecule has 0 saturated heterocycles. The third-order valence-electron chi connectivity index (χ3n) is 8.58. The molecule has 3 unspecified atom stereocenters. The van der Waals surface area contributed by atoms with E-state index in [9.17, 15) is 22.8 Å². The molecule has 0 fully saturated rings. The fourth-order valence-electron chi connectivity index (χ4n) is 6.59. The van der Waals surface area contributed by atoms with Gasteiger partial charge >= 0.3 is 6.18 Å². The molecule has 3 aliphatic heterocycles. The molecule has 2 aromatic rings. The molecular weight excluding hydrogens is 529 g/mol. The molecule has 2 amide bonds. The summed E-state index contributed by atoms with van der Waals surface area (Å²) >= 11 is 0. The Morgan fingerprint density at radius 3 is 2.46 bits per heavy atom. The molecular formula is C32H39F3N4O2. The Bertz CT molecular complexity index is 1380. The number of hydrogen-bond acceptors (Lipinski definition) is 4. The Morgan fingerprint density at radius 1 is 1.02 bits per heavy atom. The number of nitrogens with one attached hydrogen (secondary N) is 1. The summed E-state index contributed by atoms with van der Waals surface area (Å²) in [6, 6.07) is 9.03. The summed E-state index contributed by atoms with van der Waals surface area (Å²) in [6.07, 6.45) is -1.02. The number of fused-ring (bicyclic) bond motifs is 6. The largest absolute Gasteiger partial charge is 0.394 e. The minimum atomic E-state index is -4.57. The lowest BCUT2D eigenvalue weighted by Gasteiger charge is -2.37. The molecule has 9 heteroatoms. The number of carbonyl (C=O) groups is 2. The molecule has 0 spiro atoms. The van der Waals surface area contributed by atoms with Crippen LogP contribution in [0.25, 0.3) is 0 Å². The summed E-state index contributed by atoms with van der Waals surface area (Å²) in [5, 5.41) is 3.19. The molecule has 41 heavy (non-hydrogen) atoms. The molecule has 3 N–H and O–H groups in total. The van der Waals surface area contributed by atoms with E-state index in [0.29, 0.717) is 24.0 Å². The SMILES string of the molecule is Cc1ccc2cc1C(CC(C)(C)C)NC(=O)c1ccc3c(c1)[C@@H](C(C(F)(F)F)C3)N1C(=O)CC(CCCC2)N=C1N. The first-order chi connectivity index (χ1) is 19.2. The second-order valence-electron chi connectivity index (χ2n) is 13.0. The van der Waals surface area contributed by atoms with Crippen molar-refractivity contribution in [1.82, 2.24) is 10.2 Å². The topological polar surface area (TPSA) is 87.8 Å². The minimum Gasteiger partial charge on any atom is -0.369 e. The number of rotatable bonds is 1. The molecule has 6 rings (SSSR count). The number of halogens is 3. The zero-order valence-electron chi connectivity index (χ0n) is 24.1. The van der Waals surface area contributed by atoms with Crippen molar-refractivity contribution in [2.45, 2.75) is 96.9 Å². The monoisotopic (exact) mass is 568 g/mol. The van der Waals surface area contributed by atoms with Gasteiger partial charge in [-0.3, -0.25) is 14.5 Å². The lowest BCUT2D eigenvalue weighted by molar-refractivity contribution is -0.187. The first kappa shape index (κ1) is 29.1. The van der Waals surface area contributed by atoms with Gasteiger partial charge < -0.3 is 11.1 Å². The van der Waals surface area contributed by atoms with Crippen molar-refractivity contribution in [1.29, 1.82) is 0 Å². The van der Waals surface area contributed by atoms with E-state index in [4.69, 9.17) is 5.73 Å². The van der Waals surface area contributed by atoms with Gasteiger partial charge in [-0.25, -0.2) is 4.99 Å². The predicted molar refractivity (Wildman–Crippen MR) is 152 cm³/mol. The Hall–Kier alpha value is -3.36. The lowest BCUT2D eigenvalue weighted by atomic mass is 9.83. The van der Waals surface area contributed by atoms with Gasteiger partial charge in [-0.1, -0.05) is 51.5 Å². The smallest absolute Gasteiger partial charge is 0.369 e. The van der Waals surface area contributed by atoms with Crippen LogP contribution < -0.4 is 11.1 Å². The van der Waals surface area contributed by atoms with Crippen molar-refractivity contribution in [3.63, 3.8) is 0 Å². The molecule has 1 aliphatic carbocycles. The van der Waals surface area contributed by atoms with E-state index < -0.39 is 24.0 Å².